The summed E-state index contributed by atoms with van der Waals surface area (Å²) in [6, 6.07) is 0.199. The van der Waals surface area contributed by atoms with Crippen LogP contribution in [-0.4, -0.2) is 42.8 Å². The van der Waals surface area contributed by atoms with E-state index in [9.17, 15) is 5.11 Å². The van der Waals surface area contributed by atoms with E-state index < -0.39 is 0 Å². The predicted octanol–water partition coefficient (Wildman–Crippen LogP) is -0.354. The van der Waals surface area contributed by atoms with Gasteiger partial charge < -0.3 is 15.7 Å². The van der Waals surface area contributed by atoms with E-state index in [0.29, 0.717) is 6.54 Å². The Kier molecular flexibility index (Phi) is 4.60. The summed E-state index contributed by atoms with van der Waals surface area (Å²) in [5.41, 5.74) is 5.31. The average Bonchev–Trinajstić information content (AvgIpc) is 1.88. The van der Waals surface area contributed by atoms with E-state index in [0.717, 1.165) is 6.42 Å². The maximum absolute atomic E-state index is 9.32. The van der Waals surface area contributed by atoms with E-state index in [-0.39, 0.29) is 12.1 Å². The SMILES string of the molecule is CCC(C(O)CN)N(C)C. The van der Waals surface area contributed by atoms with E-state index >= 15 is 0 Å². The fourth-order valence-electron chi connectivity index (χ4n) is 1.14. The molecule has 0 heterocycles. The Morgan fingerprint density at radius 2 is 2.00 bits per heavy atom. The van der Waals surface area contributed by atoms with Crippen molar-refractivity contribution < 1.29 is 5.11 Å². The summed E-state index contributed by atoms with van der Waals surface area (Å²) in [5.74, 6) is 0. The Labute approximate surface area is 62.8 Å². The maximum Gasteiger partial charge on any atom is 0.0816 e. The quantitative estimate of drug-likeness (QED) is 0.570. The first-order chi connectivity index (χ1) is 4.63. The molecule has 0 radical (unpaired) electrons. The number of hydrogen-bond donors (Lipinski definition) is 2. The summed E-state index contributed by atoms with van der Waals surface area (Å²) in [7, 11) is 3.90. The van der Waals surface area contributed by atoms with Crippen molar-refractivity contribution in [2.24, 2.45) is 5.73 Å². The average molecular weight is 146 g/mol. The minimum Gasteiger partial charge on any atom is -0.390 e. The van der Waals surface area contributed by atoms with Crippen LogP contribution < -0.4 is 5.73 Å². The second-order valence-electron chi connectivity index (χ2n) is 2.74. The van der Waals surface area contributed by atoms with E-state index in [1.54, 1.807) is 0 Å². The molecule has 0 spiro atoms. The van der Waals surface area contributed by atoms with Crippen molar-refractivity contribution in [3.63, 3.8) is 0 Å². The smallest absolute Gasteiger partial charge is 0.0816 e. The first kappa shape index (κ1) is 9.88. The molecule has 0 saturated carbocycles. The van der Waals surface area contributed by atoms with Crippen LogP contribution in [0.25, 0.3) is 0 Å². The first-order valence-electron chi connectivity index (χ1n) is 3.68. The van der Waals surface area contributed by atoms with Crippen LogP contribution in [0.1, 0.15) is 13.3 Å². The molecule has 0 aromatic rings. The molecule has 0 saturated heterocycles. The number of nitrogens with two attached hydrogens (primary N) is 1. The molecule has 3 N–H and O–H groups in total. The van der Waals surface area contributed by atoms with Crippen LogP contribution in [-0.2, 0) is 0 Å². The van der Waals surface area contributed by atoms with Gasteiger partial charge in [-0.1, -0.05) is 6.92 Å². The molecule has 0 aliphatic rings. The zero-order valence-corrected chi connectivity index (χ0v) is 7.04. The van der Waals surface area contributed by atoms with Crippen molar-refractivity contribution in [2.75, 3.05) is 20.6 Å². The van der Waals surface area contributed by atoms with Gasteiger partial charge in [0.2, 0.25) is 0 Å². The van der Waals surface area contributed by atoms with Gasteiger partial charge in [0.25, 0.3) is 0 Å². The highest BCUT2D eigenvalue weighted by Crippen LogP contribution is 2.03. The zero-order chi connectivity index (χ0) is 8.15. The highest BCUT2D eigenvalue weighted by Gasteiger charge is 2.16. The summed E-state index contributed by atoms with van der Waals surface area (Å²) in [6.07, 6.45) is 0.547. The molecule has 0 aromatic carbocycles. The van der Waals surface area contributed by atoms with Gasteiger partial charge in [0.05, 0.1) is 6.10 Å². The van der Waals surface area contributed by atoms with Gasteiger partial charge in [0, 0.05) is 12.6 Å². The largest absolute Gasteiger partial charge is 0.390 e. The number of aliphatic hydroxyl groups excluding tert-OH is 1. The van der Waals surface area contributed by atoms with Gasteiger partial charge in [-0.05, 0) is 20.5 Å². The minimum atomic E-state index is -0.389. The van der Waals surface area contributed by atoms with Crippen molar-refractivity contribution in [2.45, 2.75) is 25.5 Å². The fraction of sp³-hybridized carbons (Fsp3) is 1.00. The highest BCUT2D eigenvalue weighted by atomic mass is 16.3. The molecule has 0 aliphatic carbocycles. The van der Waals surface area contributed by atoms with Crippen LogP contribution in [0.3, 0.4) is 0 Å². The zero-order valence-electron chi connectivity index (χ0n) is 7.04. The van der Waals surface area contributed by atoms with Gasteiger partial charge in [-0.15, -0.1) is 0 Å². The summed E-state index contributed by atoms with van der Waals surface area (Å²) < 4.78 is 0. The Balaban J connectivity index is 3.80. The molecule has 0 aliphatic heterocycles. The lowest BCUT2D eigenvalue weighted by Gasteiger charge is -2.26. The predicted molar refractivity (Wildman–Crippen MR) is 42.8 cm³/mol. The molecule has 0 bridgehead atoms. The second-order valence-corrected chi connectivity index (χ2v) is 2.74. The topological polar surface area (TPSA) is 49.5 Å². The van der Waals surface area contributed by atoms with Gasteiger partial charge in [0.15, 0.2) is 0 Å². The van der Waals surface area contributed by atoms with Gasteiger partial charge in [-0.2, -0.15) is 0 Å². The summed E-state index contributed by atoms with van der Waals surface area (Å²) >= 11 is 0. The van der Waals surface area contributed by atoms with Crippen molar-refractivity contribution >= 4 is 0 Å². The van der Waals surface area contributed by atoms with E-state index in [1.807, 2.05) is 25.9 Å². The standard InChI is InChI=1S/C7H18N2O/c1-4-6(9(2)3)7(10)5-8/h6-7,10H,4-5,8H2,1-3H3. The molecule has 0 rings (SSSR count). The Bertz CT molecular complexity index is 85.7. The van der Waals surface area contributed by atoms with Gasteiger partial charge in [0.1, 0.15) is 0 Å². The Hall–Kier alpha value is -0.120. The highest BCUT2D eigenvalue weighted by molar-refractivity contribution is 4.73. The van der Waals surface area contributed by atoms with Crippen LogP contribution in [0.5, 0.6) is 0 Å². The number of hydrogen-bond acceptors (Lipinski definition) is 3. The maximum atomic E-state index is 9.32. The molecule has 3 heteroatoms. The normalized spacial score (nSPS) is 17.4. The number of likely N-dealkylation sites (N-methyl/N-ethyl adjacent to an activating group) is 1. The second kappa shape index (κ2) is 4.66. The lowest BCUT2D eigenvalue weighted by Crippen LogP contribution is -2.42. The number of nitrogens with zero attached hydrogens (tertiary/aromatic N) is 1. The van der Waals surface area contributed by atoms with Crippen molar-refractivity contribution in [3.8, 4) is 0 Å². The van der Waals surface area contributed by atoms with Crippen LogP contribution in [0.2, 0.25) is 0 Å². The third-order valence-electron chi connectivity index (χ3n) is 1.77. The molecule has 0 fully saturated rings. The van der Waals surface area contributed by atoms with Crippen molar-refractivity contribution in [1.29, 1.82) is 0 Å². The summed E-state index contributed by atoms with van der Waals surface area (Å²) in [5, 5.41) is 9.32. The van der Waals surface area contributed by atoms with Crippen LogP contribution >= 0.6 is 0 Å². The number of aliphatic hydroxyl groups is 1. The third-order valence-corrected chi connectivity index (χ3v) is 1.77. The van der Waals surface area contributed by atoms with E-state index in [2.05, 4.69) is 0 Å². The molecular formula is C7H18N2O. The van der Waals surface area contributed by atoms with Crippen LogP contribution in [0.15, 0.2) is 0 Å². The Morgan fingerprint density at radius 3 is 2.10 bits per heavy atom. The molecule has 10 heavy (non-hydrogen) atoms. The molecule has 0 amide bonds. The fourth-order valence-corrected chi connectivity index (χ4v) is 1.14. The van der Waals surface area contributed by atoms with Crippen molar-refractivity contribution in [1.82, 2.24) is 4.90 Å². The summed E-state index contributed by atoms with van der Waals surface area (Å²) in [6.45, 7) is 2.39. The van der Waals surface area contributed by atoms with Crippen LogP contribution in [0, 0.1) is 0 Å². The summed E-state index contributed by atoms with van der Waals surface area (Å²) in [4.78, 5) is 2.00. The molecule has 0 aromatic heterocycles. The van der Waals surface area contributed by atoms with E-state index in [4.69, 9.17) is 5.73 Å². The molecule has 3 nitrogen and oxygen atoms in total. The molecule has 2 atom stereocenters. The van der Waals surface area contributed by atoms with Gasteiger partial charge >= 0.3 is 0 Å². The molecule has 2 unspecified atom stereocenters. The molecule has 62 valence electrons. The third kappa shape index (κ3) is 2.64. The van der Waals surface area contributed by atoms with Gasteiger partial charge in [-0.3, -0.25) is 0 Å². The molecular weight excluding hydrogens is 128 g/mol. The number of rotatable bonds is 4. The van der Waals surface area contributed by atoms with E-state index in [1.165, 1.54) is 0 Å². The lowest BCUT2D eigenvalue weighted by molar-refractivity contribution is 0.0802. The lowest BCUT2D eigenvalue weighted by atomic mass is 10.1. The van der Waals surface area contributed by atoms with Crippen LogP contribution in [0.4, 0.5) is 0 Å². The first-order valence-corrected chi connectivity index (χ1v) is 3.68. The minimum absolute atomic E-state index is 0.199. The van der Waals surface area contributed by atoms with Gasteiger partial charge in [-0.25, -0.2) is 0 Å². The van der Waals surface area contributed by atoms with Crippen molar-refractivity contribution in [3.05, 3.63) is 0 Å². The monoisotopic (exact) mass is 146 g/mol. The Morgan fingerprint density at radius 1 is 1.50 bits per heavy atom.